The van der Waals surface area contributed by atoms with Gasteiger partial charge < -0.3 is 9.84 Å². The van der Waals surface area contributed by atoms with Gasteiger partial charge in [-0.15, -0.1) is 10.2 Å². The Bertz CT molecular complexity index is 437. The molecule has 0 aliphatic heterocycles. The third-order valence-corrected chi connectivity index (χ3v) is 2.91. The molecule has 9 heteroatoms. The second-order valence-corrected chi connectivity index (χ2v) is 4.93. The summed E-state index contributed by atoms with van der Waals surface area (Å²) in [4.78, 5) is 23.7. The van der Waals surface area contributed by atoms with Gasteiger partial charge in [-0.1, -0.05) is 11.3 Å². The van der Waals surface area contributed by atoms with Crippen LogP contribution in [-0.2, 0) is 20.9 Å². The molecule has 0 radical (unpaired) electrons. The summed E-state index contributed by atoms with van der Waals surface area (Å²) in [7, 11) is 3.23. The number of carboxylic acids is 1. The minimum absolute atomic E-state index is 0.000570. The molecule has 2 N–H and O–H groups in total. The minimum atomic E-state index is -0.888. The van der Waals surface area contributed by atoms with E-state index >= 15 is 0 Å². The summed E-state index contributed by atoms with van der Waals surface area (Å²) in [5, 5.41) is 19.8. The number of nitrogens with one attached hydrogen (secondary N) is 1. The fourth-order valence-corrected chi connectivity index (χ4v) is 1.98. The summed E-state index contributed by atoms with van der Waals surface area (Å²) >= 11 is 1.24. The molecule has 0 unspecified atom stereocenters. The van der Waals surface area contributed by atoms with E-state index in [-0.39, 0.29) is 18.9 Å². The molecule has 8 nitrogen and oxygen atoms in total. The SMILES string of the molecule is COCc1nnc(NC(=O)CN(C)CCC(=O)O)s1. The van der Waals surface area contributed by atoms with Crippen molar-refractivity contribution in [3.63, 3.8) is 0 Å². The van der Waals surface area contributed by atoms with E-state index in [9.17, 15) is 9.59 Å². The zero-order chi connectivity index (χ0) is 14.3. The third kappa shape index (κ3) is 6.22. The summed E-state index contributed by atoms with van der Waals surface area (Å²) in [5.41, 5.74) is 0. The third-order valence-electron chi connectivity index (χ3n) is 2.10. The summed E-state index contributed by atoms with van der Waals surface area (Å²) in [6.45, 7) is 0.770. The molecule has 0 bridgehead atoms. The van der Waals surface area contributed by atoms with Crippen molar-refractivity contribution in [1.29, 1.82) is 0 Å². The molecular weight excluding hydrogens is 272 g/mol. The van der Waals surface area contributed by atoms with Crippen LogP contribution in [0.5, 0.6) is 0 Å². The zero-order valence-electron chi connectivity index (χ0n) is 10.8. The molecule has 0 saturated carbocycles. The number of hydrogen-bond acceptors (Lipinski definition) is 7. The standard InChI is InChI=1S/C10H16N4O4S/c1-14(4-3-9(16)17)5-7(15)11-10-13-12-8(19-10)6-18-2/h3-6H2,1-2H3,(H,16,17)(H,11,13,15). The first-order valence-corrected chi connectivity index (χ1v) is 6.34. The first-order valence-electron chi connectivity index (χ1n) is 5.52. The van der Waals surface area contributed by atoms with Crippen molar-refractivity contribution in [3.8, 4) is 0 Å². The number of carbonyl (C=O) groups is 2. The van der Waals surface area contributed by atoms with Gasteiger partial charge in [0.05, 0.1) is 13.0 Å². The number of ether oxygens (including phenoxy) is 1. The van der Waals surface area contributed by atoms with E-state index in [0.29, 0.717) is 23.3 Å². The Morgan fingerprint density at radius 3 is 2.84 bits per heavy atom. The number of methoxy groups -OCH3 is 1. The molecule has 0 saturated heterocycles. The van der Waals surface area contributed by atoms with Gasteiger partial charge in [0.1, 0.15) is 11.6 Å². The monoisotopic (exact) mass is 288 g/mol. The number of likely N-dealkylation sites (N-methyl/N-ethyl adjacent to an activating group) is 1. The average Bonchev–Trinajstić information content (AvgIpc) is 2.74. The second-order valence-electron chi connectivity index (χ2n) is 3.86. The van der Waals surface area contributed by atoms with E-state index in [1.807, 2.05) is 0 Å². The highest BCUT2D eigenvalue weighted by molar-refractivity contribution is 7.15. The van der Waals surface area contributed by atoms with Crippen LogP contribution in [0.1, 0.15) is 11.4 Å². The minimum Gasteiger partial charge on any atom is -0.481 e. The van der Waals surface area contributed by atoms with E-state index < -0.39 is 5.97 Å². The number of aliphatic carboxylic acids is 1. The van der Waals surface area contributed by atoms with Crippen LogP contribution in [-0.4, -0.2) is 59.3 Å². The molecule has 1 amide bonds. The van der Waals surface area contributed by atoms with Gasteiger partial charge in [-0.25, -0.2) is 0 Å². The van der Waals surface area contributed by atoms with E-state index in [4.69, 9.17) is 9.84 Å². The van der Waals surface area contributed by atoms with Crippen LogP contribution in [0, 0.1) is 0 Å². The normalized spacial score (nSPS) is 10.7. The number of carbonyl (C=O) groups excluding carboxylic acids is 1. The van der Waals surface area contributed by atoms with Crippen LogP contribution < -0.4 is 5.32 Å². The molecule has 19 heavy (non-hydrogen) atoms. The van der Waals surface area contributed by atoms with Gasteiger partial charge in [0.15, 0.2) is 0 Å². The molecule has 0 aliphatic rings. The van der Waals surface area contributed by atoms with Crippen LogP contribution >= 0.6 is 11.3 Å². The maximum absolute atomic E-state index is 11.6. The summed E-state index contributed by atoms with van der Waals surface area (Å²) in [6, 6.07) is 0. The number of nitrogens with zero attached hydrogens (tertiary/aromatic N) is 3. The molecule has 106 valence electrons. The molecule has 1 rings (SSSR count). The quantitative estimate of drug-likeness (QED) is 0.695. The largest absolute Gasteiger partial charge is 0.481 e. The van der Waals surface area contributed by atoms with Crippen molar-refractivity contribution < 1.29 is 19.4 Å². The first kappa shape index (κ1) is 15.5. The van der Waals surface area contributed by atoms with Gasteiger partial charge in [0.25, 0.3) is 0 Å². The van der Waals surface area contributed by atoms with Crippen molar-refractivity contribution in [2.75, 3.05) is 32.6 Å². The Morgan fingerprint density at radius 2 is 2.21 bits per heavy atom. The molecule has 0 aliphatic carbocycles. The number of aromatic nitrogens is 2. The van der Waals surface area contributed by atoms with E-state index in [0.717, 1.165) is 0 Å². The lowest BCUT2D eigenvalue weighted by Gasteiger charge is -2.13. The van der Waals surface area contributed by atoms with Gasteiger partial charge in [-0.3, -0.25) is 19.8 Å². The number of anilines is 1. The van der Waals surface area contributed by atoms with Crippen LogP contribution in [0.3, 0.4) is 0 Å². The van der Waals surface area contributed by atoms with E-state index in [2.05, 4.69) is 15.5 Å². The molecular formula is C10H16N4O4S. The van der Waals surface area contributed by atoms with Crippen molar-refractivity contribution >= 4 is 28.3 Å². The van der Waals surface area contributed by atoms with E-state index in [1.54, 1.807) is 19.1 Å². The Kier molecular flexibility index (Phi) is 6.33. The number of rotatable bonds is 8. The Labute approximate surface area is 114 Å². The van der Waals surface area contributed by atoms with Gasteiger partial charge >= 0.3 is 5.97 Å². The first-order chi connectivity index (χ1) is 9.01. The number of amides is 1. The molecule has 1 aromatic rings. The number of carboxylic acid groups (broad SMARTS) is 1. The van der Waals surface area contributed by atoms with E-state index in [1.165, 1.54) is 11.3 Å². The molecule has 0 fully saturated rings. The molecule has 1 aromatic heterocycles. The highest BCUT2D eigenvalue weighted by Gasteiger charge is 2.11. The zero-order valence-corrected chi connectivity index (χ0v) is 11.6. The van der Waals surface area contributed by atoms with Crippen LogP contribution in [0.4, 0.5) is 5.13 Å². The highest BCUT2D eigenvalue weighted by atomic mass is 32.1. The Morgan fingerprint density at radius 1 is 1.47 bits per heavy atom. The predicted octanol–water partition coefficient (Wildman–Crippen LogP) is 0.0295. The summed E-state index contributed by atoms with van der Waals surface area (Å²) < 4.78 is 4.90. The summed E-state index contributed by atoms with van der Waals surface area (Å²) in [6.07, 6.45) is 0.000570. The van der Waals surface area contributed by atoms with Gasteiger partial charge in [0.2, 0.25) is 11.0 Å². The van der Waals surface area contributed by atoms with Gasteiger partial charge in [0, 0.05) is 13.7 Å². The smallest absolute Gasteiger partial charge is 0.304 e. The maximum Gasteiger partial charge on any atom is 0.304 e. The molecule has 0 atom stereocenters. The fourth-order valence-electron chi connectivity index (χ4n) is 1.26. The van der Waals surface area contributed by atoms with Crippen molar-refractivity contribution in [1.82, 2.24) is 15.1 Å². The lowest BCUT2D eigenvalue weighted by molar-refractivity contribution is -0.137. The molecule has 1 heterocycles. The highest BCUT2D eigenvalue weighted by Crippen LogP contribution is 2.15. The van der Waals surface area contributed by atoms with Gasteiger partial charge in [-0.05, 0) is 7.05 Å². The fraction of sp³-hybridized carbons (Fsp3) is 0.600. The van der Waals surface area contributed by atoms with Crippen LogP contribution in [0.25, 0.3) is 0 Å². The van der Waals surface area contributed by atoms with Crippen molar-refractivity contribution in [3.05, 3.63) is 5.01 Å². The van der Waals surface area contributed by atoms with Crippen molar-refractivity contribution in [2.24, 2.45) is 0 Å². The predicted molar refractivity (Wildman–Crippen MR) is 69.0 cm³/mol. The molecule has 0 aromatic carbocycles. The summed E-state index contributed by atoms with van der Waals surface area (Å²) in [5.74, 6) is -1.14. The van der Waals surface area contributed by atoms with Crippen LogP contribution in [0.15, 0.2) is 0 Å². The maximum atomic E-state index is 11.6. The number of hydrogen-bond donors (Lipinski definition) is 2. The average molecular weight is 288 g/mol. The topological polar surface area (TPSA) is 105 Å². The lowest BCUT2D eigenvalue weighted by Crippen LogP contribution is -2.31. The lowest BCUT2D eigenvalue weighted by atomic mass is 10.4. The Hall–Kier alpha value is -1.58. The second kappa shape index (κ2) is 7.77. The van der Waals surface area contributed by atoms with Crippen molar-refractivity contribution in [2.45, 2.75) is 13.0 Å². The molecule has 0 spiro atoms. The Balaban J connectivity index is 2.35. The van der Waals surface area contributed by atoms with Crippen LogP contribution in [0.2, 0.25) is 0 Å². The van der Waals surface area contributed by atoms with Gasteiger partial charge in [-0.2, -0.15) is 0 Å².